The molecule has 2 aliphatic heterocycles. The lowest BCUT2D eigenvalue weighted by Gasteiger charge is -2.47. The van der Waals surface area contributed by atoms with E-state index < -0.39 is 15.7 Å². The number of likely N-dealkylation sites (tertiary alicyclic amines) is 1. The molecule has 0 saturated carbocycles. The molecule has 8 heteroatoms. The van der Waals surface area contributed by atoms with Crippen LogP contribution in [0.2, 0.25) is 0 Å². The van der Waals surface area contributed by atoms with E-state index in [4.69, 9.17) is 0 Å². The van der Waals surface area contributed by atoms with Crippen molar-refractivity contribution in [2.45, 2.75) is 37.8 Å². The van der Waals surface area contributed by atoms with Crippen molar-refractivity contribution in [1.29, 1.82) is 0 Å². The van der Waals surface area contributed by atoms with Gasteiger partial charge in [0.2, 0.25) is 0 Å². The normalized spacial score (nSPS) is 25.4. The second-order valence-corrected chi connectivity index (χ2v) is 9.50. The van der Waals surface area contributed by atoms with Crippen LogP contribution in [-0.4, -0.2) is 50.6 Å². The van der Waals surface area contributed by atoms with Crippen LogP contribution in [0.1, 0.15) is 25.3 Å². The highest BCUT2D eigenvalue weighted by atomic mass is 32.2. The summed E-state index contributed by atoms with van der Waals surface area (Å²) in [6.45, 7) is 3.31. The molecule has 2 heterocycles. The Balaban J connectivity index is 1.68. The quantitative estimate of drug-likeness (QED) is 0.698. The second kappa shape index (κ2) is 8.37. The summed E-state index contributed by atoms with van der Waals surface area (Å²) < 4.78 is 29.8. The molecule has 0 bridgehead atoms. The number of amides is 2. The zero-order valence-electron chi connectivity index (χ0n) is 17.1. The fourth-order valence-electron chi connectivity index (χ4n) is 4.61. The Kier molecular flexibility index (Phi) is 5.81. The number of rotatable bonds is 4. The van der Waals surface area contributed by atoms with Gasteiger partial charge in [-0.2, -0.15) is 13.1 Å². The molecule has 2 fully saturated rings. The SMILES string of the molecule is CCNC(=O)N1CCCC2(CNS(=O)(=O)N2)C1Cc1cccc(-c2ccccc2)c1. The van der Waals surface area contributed by atoms with Gasteiger partial charge < -0.3 is 10.2 Å². The third-order valence-corrected chi connectivity index (χ3v) is 7.20. The van der Waals surface area contributed by atoms with Crippen molar-refractivity contribution in [3.05, 3.63) is 60.2 Å². The molecular weight excluding hydrogens is 400 g/mol. The minimum Gasteiger partial charge on any atom is -0.338 e. The summed E-state index contributed by atoms with van der Waals surface area (Å²) in [4.78, 5) is 14.6. The van der Waals surface area contributed by atoms with Crippen LogP contribution in [0.4, 0.5) is 4.79 Å². The highest BCUT2D eigenvalue weighted by molar-refractivity contribution is 7.87. The first-order valence-corrected chi connectivity index (χ1v) is 11.9. The zero-order chi connectivity index (χ0) is 21.2. The summed E-state index contributed by atoms with van der Waals surface area (Å²) in [5, 5.41) is 2.88. The molecular formula is C22H28N4O3S. The monoisotopic (exact) mass is 428 g/mol. The third-order valence-electron chi connectivity index (χ3n) is 6.00. The van der Waals surface area contributed by atoms with E-state index in [2.05, 4.69) is 39.0 Å². The maximum absolute atomic E-state index is 12.8. The lowest BCUT2D eigenvalue weighted by molar-refractivity contribution is 0.0909. The molecule has 2 saturated heterocycles. The minimum absolute atomic E-state index is 0.146. The van der Waals surface area contributed by atoms with Gasteiger partial charge in [0.15, 0.2) is 0 Å². The van der Waals surface area contributed by atoms with Gasteiger partial charge in [0.1, 0.15) is 0 Å². The van der Waals surface area contributed by atoms with Crippen LogP contribution in [0.5, 0.6) is 0 Å². The number of urea groups is 1. The largest absolute Gasteiger partial charge is 0.338 e. The topological polar surface area (TPSA) is 90.5 Å². The first-order valence-electron chi connectivity index (χ1n) is 10.4. The van der Waals surface area contributed by atoms with E-state index in [-0.39, 0.29) is 18.6 Å². The minimum atomic E-state index is -3.55. The number of nitrogens with one attached hydrogen (secondary N) is 3. The number of piperidine rings is 1. The van der Waals surface area contributed by atoms with Crippen LogP contribution in [0.25, 0.3) is 11.1 Å². The summed E-state index contributed by atoms with van der Waals surface area (Å²) in [6, 6.07) is 18.0. The van der Waals surface area contributed by atoms with Gasteiger partial charge in [-0.3, -0.25) is 0 Å². The van der Waals surface area contributed by atoms with Gasteiger partial charge in [-0.25, -0.2) is 9.52 Å². The van der Waals surface area contributed by atoms with Crippen LogP contribution >= 0.6 is 0 Å². The lowest BCUT2D eigenvalue weighted by atomic mass is 9.78. The predicted octanol–water partition coefficient (Wildman–Crippen LogP) is 2.27. The van der Waals surface area contributed by atoms with E-state index in [0.29, 0.717) is 25.9 Å². The number of benzene rings is 2. The number of nitrogens with zero attached hydrogens (tertiary/aromatic N) is 1. The van der Waals surface area contributed by atoms with Crippen LogP contribution < -0.4 is 14.8 Å². The number of carbonyl (C=O) groups excluding carboxylic acids is 1. The molecule has 4 rings (SSSR count). The molecule has 0 aliphatic carbocycles. The number of hydrogen-bond acceptors (Lipinski definition) is 3. The number of hydrogen-bond donors (Lipinski definition) is 3. The maximum Gasteiger partial charge on any atom is 0.317 e. The second-order valence-electron chi connectivity index (χ2n) is 8.00. The average molecular weight is 429 g/mol. The maximum atomic E-state index is 12.8. The highest BCUT2D eigenvalue weighted by Gasteiger charge is 2.52. The van der Waals surface area contributed by atoms with Gasteiger partial charge in [-0.1, -0.05) is 54.6 Å². The average Bonchev–Trinajstić information content (AvgIpc) is 3.05. The first kappa shape index (κ1) is 20.8. The van der Waals surface area contributed by atoms with Crippen LogP contribution in [0, 0.1) is 0 Å². The summed E-state index contributed by atoms with van der Waals surface area (Å²) in [5.41, 5.74) is 2.60. The molecule has 0 aromatic heterocycles. The first-order chi connectivity index (χ1) is 14.4. The van der Waals surface area contributed by atoms with Crippen LogP contribution in [0.3, 0.4) is 0 Å². The Bertz CT molecular complexity index is 1010. The van der Waals surface area contributed by atoms with E-state index in [1.165, 1.54) is 0 Å². The molecule has 0 radical (unpaired) electrons. The van der Waals surface area contributed by atoms with Gasteiger partial charge in [-0.15, -0.1) is 0 Å². The molecule has 2 aromatic carbocycles. The molecule has 2 amide bonds. The fourth-order valence-corrected chi connectivity index (χ4v) is 5.97. The number of carbonyl (C=O) groups is 1. The van der Waals surface area contributed by atoms with E-state index in [9.17, 15) is 13.2 Å². The van der Waals surface area contributed by atoms with Crippen LogP contribution in [-0.2, 0) is 16.6 Å². The molecule has 2 unspecified atom stereocenters. The highest BCUT2D eigenvalue weighted by Crippen LogP contribution is 2.34. The van der Waals surface area contributed by atoms with Crippen LogP contribution in [0.15, 0.2) is 54.6 Å². The summed E-state index contributed by atoms with van der Waals surface area (Å²) in [5.74, 6) is 0. The van der Waals surface area contributed by atoms with Crippen molar-refractivity contribution in [2.75, 3.05) is 19.6 Å². The van der Waals surface area contributed by atoms with Gasteiger partial charge in [0.25, 0.3) is 10.2 Å². The van der Waals surface area contributed by atoms with Crippen molar-refractivity contribution in [3.8, 4) is 11.1 Å². The van der Waals surface area contributed by atoms with Crippen molar-refractivity contribution in [3.63, 3.8) is 0 Å². The van der Waals surface area contributed by atoms with Crippen molar-refractivity contribution >= 4 is 16.2 Å². The van der Waals surface area contributed by atoms with Crippen molar-refractivity contribution in [2.24, 2.45) is 0 Å². The molecule has 7 nitrogen and oxygen atoms in total. The van der Waals surface area contributed by atoms with Gasteiger partial charge in [-0.05, 0) is 42.9 Å². The van der Waals surface area contributed by atoms with Crippen molar-refractivity contribution < 1.29 is 13.2 Å². The van der Waals surface area contributed by atoms with E-state index >= 15 is 0 Å². The van der Waals surface area contributed by atoms with E-state index in [0.717, 1.165) is 23.1 Å². The molecule has 160 valence electrons. The Morgan fingerprint density at radius 2 is 1.93 bits per heavy atom. The van der Waals surface area contributed by atoms with E-state index in [1.807, 2.05) is 37.3 Å². The molecule has 2 atom stereocenters. The third kappa shape index (κ3) is 4.21. The molecule has 2 aliphatic rings. The summed E-state index contributed by atoms with van der Waals surface area (Å²) >= 11 is 0. The zero-order valence-corrected chi connectivity index (χ0v) is 17.9. The van der Waals surface area contributed by atoms with Gasteiger partial charge in [0.05, 0.1) is 11.6 Å². The Labute approximate surface area is 178 Å². The van der Waals surface area contributed by atoms with E-state index in [1.54, 1.807) is 4.90 Å². The molecule has 30 heavy (non-hydrogen) atoms. The van der Waals surface area contributed by atoms with Crippen molar-refractivity contribution in [1.82, 2.24) is 19.7 Å². The molecule has 3 N–H and O–H groups in total. The Hall–Kier alpha value is -2.42. The Morgan fingerprint density at radius 3 is 2.63 bits per heavy atom. The summed E-state index contributed by atoms with van der Waals surface area (Å²) in [6.07, 6.45) is 2.02. The fraction of sp³-hybridized carbons (Fsp3) is 0.409. The Morgan fingerprint density at radius 1 is 1.17 bits per heavy atom. The molecule has 2 aromatic rings. The smallest absolute Gasteiger partial charge is 0.317 e. The van der Waals surface area contributed by atoms with Gasteiger partial charge >= 0.3 is 6.03 Å². The molecule has 1 spiro atoms. The predicted molar refractivity (Wildman–Crippen MR) is 117 cm³/mol. The van der Waals surface area contributed by atoms with Gasteiger partial charge in [0, 0.05) is 19.6 Å². The summed E-state index contributed by atoms with van der Waals surface area (Å²) in [7, 11) is -3.55. The lowest BCUT2D eigenvalue weighted by Crippen LogP contribution is -2.66. The standard InChI is InChI=1S/C22H28N4O3S/c1-2-23-21(27)26-13-7-12-22(16-24-30(28,29)25-22)20(26)15-17-8-6-11-19(14-17)18-9-4-3-5-10-18/h3-6,8-11,14,20,24-25H,2,7,12-13,15-16H2,1H3,(H,23,27).